The van der Waals surface area contributed by atoms with Gasteiger partial charge in [-0.1, -0.05) is 12.1 Å². The molecule has 106 valence electrons. The zero-order valence-electron chi connectivity index (χ0n) is 11.4. The van der Waals surface area contributed by atoms with E-state index < -0.39 is 5.60 Å². The van der Waals surface area contributed by atoms with Gasteiger partial charge in [0, 0.05) is 22.6 Å². The first-order valence-electron chi connectivity index (χ1n) is 7.42. The van der Waals surface area contributed by atoms with Gasteiger partial charge in [0.05, 0.1) is 25.6 Å². The number of rotatable bonds is 3. The van der Waals surface area contributed by atoms with E-state index in [0.717, 1.165) is 16.3 Å². The second-order valence-electron chi connectivity index (χ2n) is 6.12. The van der Waals surface area contributed by atoms with Gasteiger partial charge in [-0.25, -0.2) is 0 Å². The molecule has 4 heteroatoms. The van der Waals surface area contributed by atoms with Crippen LogP contribution in [-0.4, -0.2) is 24.7 Å². The number of piperidine rings is 3. The normalized spacial score (nSPS) is 29.8. The molecule has 3 aliphatic rings. The summed E-state index contributed by atoms with van der Waals surface area (Å²) < 4.78 is 0. The minimum atomic E-state index is -0.765. The Kier molecular flexibility index (Phi) is 3.22. The molecule has 5 rings (SSSR count). The SMILES string of the molecule is OC(c1cccs1)(c1cccs1)[C@@H]1C[NH+]2CCC1CC2. The number of fused-ring (bicyclic) bond motifs is 3. The molecular formula is C16H20NOS2+. The van der Waals surface area contributed by atoms with E-state index in [0.29, 0.717) is 11.8 Å². The van der Waals surface area contributed by atoms with Crippen LogP contribution >= 0.6 is 22.7 Å². The Balaban J connectivity index is 1.80. The summed E-state index contributed by atoms with van der Waals surface area (Å²) in [5, 5.41) is 15.9. The highest BCUT2D eigenvalue weighted by Crippen LogP contribution is 2.46. The maximum atomic E-state index is 11.7. The van der Waals surface area contributed by atoms with E-state index in [1.165, 1.54) is 25.9 Å². The van der Waals surface area contributed by atoms with E-state index in [2.05, 4.69) is 35.0 Å². The first-order valence-corrected chi connectivity index (χ1v) is 9.18. The van der Waals surface area contributed by atoms with Gasteiger partial charge in [-0.3, -0.25) is 0 Å². The molecule has 3 aliphatic heterocycles. The Bertz CT molecular complexity index is 521. The molecule has 2 aromatic heterocycles. The Hall–Kier alpha value is -0.680. The molecule has 2 bridgehead atoms. The van der Waals surface area contributed by atoms with Crippen molar-refractivity contribution in [2.75, 3.05) is 19.6 Å². The molecule has 0 radical (unpaired) electrons. The van der Waals surface area contributed by atoms with Gasteiger partial charge in [-0.15, -0.1) is 22.7 Å². The Morgan fingerprint density at radius 3 is 2.05 bits per heavy atom. The predicted octanol–water partition coefficient (Wildman–Crippen LogP) is 1.97. The summed E-state index contributed by atoms with van der Waals surface area (Å²) in [5.74, 6) is 1.05. The molecule has 0 spiro atoms. The summed E-state index contributed by atoms with van der Waals surface area (Å²) in [5.41, 5.74) is -0.765. The average molecular weight is 306 g/mol. The zero-order valence-corrected chi connectivity index (χ0v) is 13.1. The summed E-state index contributed by atoms with van der Waals surface area (Å²) >= 11 is 3.39. The fourth-order valence-corrected chi connectivity index (χ4v) is 5.97. The topological polar surface area (TPSA) is 24.7 Å². The van der Waals surface area contributed by atoms with Crippen molar-refractivity contribution in [2.24, 2.45) is 11.8 Å². The first kappa shape index (κ1) is 13.0. The minimum absolute atomic E-state index is 0.373. The third kappa shape index (κ3) is 1.90. The molecule has 0 aromatic carbocycles. The molecule has 2 aromatic rings. The minimum Gasteiger partial charge on any atom is -0.378 e. The van der Waals surface area contributed by atoms with Crippen LogP contribution in [-0.2, 0) is 5.60 Å². The van der Waals surface area contributed by atoms with Gasteiger partial charge in [-0.05, 0) is 28.8 Å². The summed E-state index contributed by atoms with van der Waals surface area (Å²) in [6.07, 6.45) is 2.55. The van der Waals surface area contributed by atoms with Crippen molar-refractivity contribution in [2.45, 2.75) is 18.4 Å². The summed E-state index contributed by atoms with van der Waals surface area (Å²) in [6, 6.07) is 8.34. The highest BCUT2D eigenvalue weighted by Gasteiger charge is 2.51. The lowest BCUT2D eigenvalue weighted by atomic mass is 9.69. The smallest absolute Gasteiger partial charge is 0.141 e. The van der Waals surface area contributed by atoms with Crippen LogP contribution in [0.25, 0.3) is 0 Å². The standard InChI is InChI=1S/C16H19NOS2/c18-16(14-3-1-9-19-14,15-4-2-10-20-15)13-11-17-7-5-12(13)6-8-17/h1-4,9-10,12-13,18H,5-8,11H2/p+1/t13-/m1/s1. The molecular weight excluding hydrogens is 286 g/mol. The van der Waals surface area contributed by atoms with Crippen LogP contribution in [0.4, 0.5) is 0 Å². The first-order chi connectivity index (χ1) is 9.78. The molecule has 2 nitrogen and oxygen atoms in total. The van der Waals surface area contributed by atoms with Crippen LogP contribution in [0.15, 0.2) is 35.0 Å². The highest BCUT2D eigenvalue weighted by atomic mass is 32.1. The summed E-state index contributed by atoms with van der Waals surface area (Å²) in [6.45, 7) is 3.72. The van der Waals surface area contributed by atoms with Crippen molar-refractivity contribution >= 4 is 22.7 Å². The molecule has 3 saturated heterocycles. The summed E-state index contributed by atoms with van der Waals surface area (Å²) in [7, 11) is 0. The van der Waals surface area contributed by atoms with Crippen LogP contribution < -0.4 is 4.90 Å². The van der Waals surface area contributed by atoms with Gasteiger partial charge < -0.3 is 10.0 Å². The van der Waals surface area contributed by atoms with Gasteiger partial charge in [0.1, 0.15) is 5.60 Å². The second-order valence-corrected chi connectivity index (χ2v) is 8.01. The number of thiophene rings is 2. The maximum absolute atomic E-state index is 11.7. The van der Waals surface area contributed by atoms with Crippen molar-refractivity contribution < 1.29 is 10.0 Å². The molecule has 0 unspecified atom stereocenters. The number of hydrogen-bond donors (Lipinski definition) is 2. The molecule has 3 fully saturated rings. The van der Waals surface area contributed by atoms with E-state index >= 15 is 0 Å². The quantitative estimate of drug-likeness (QED) is 0.890. The van der Waals surface area contributed by atoms with Crippen molar-refractivity contribution in [3.8, 4) is 0 Å². The molecule has 1 atom stereocenters. The summed E-state index contributed by atoms with van der Waals surface area (Å²) in [4.78, 5) is 3.93. The van der Waals surface area contributed by atoms with E-state index in [9.17, 15) is 5.11 Å². The number of aliphatic hydroxyl groups is 1. The van der Waals surface area contributed by atoms with Crippen molar-refractivity contribution in [1.29, 1.82) is 0 Å². The fraction of sp³-hybridized carbons (Fsp3) is 0.500. The van der Waals surface area contributed by atoms with Gasteiger partial charge in [0.2, 0.25) is 0 Å². The van der Waals surface area contributed by atoms with Crippen LogP contribution in [0, 0.1) is 11.8 Å². The maximum Gasteiger partial charge on any atom is 0.141 e. The average Bonchev–Trinajstić information content (AvgIpc) is 3.21. The van der Waals surface area contributed by atoms with Crippen molar-refractivity contribution in [3.05, 3.63) is 44.8 Å². The Morgan fingerprint density at radius 2 is 1.65 bits per heavy atom. The van der Waals surface area contributed by atoms with Gasteiger partial charge >= 0.3 is 0 Å². The van der Waals surface area contributed by atoms with Crippen LogP contribution in [0.2, 0.25) is 0 Å². The molecule has 20 heavy (non-hydrogen) atoms. The number of nitrogens with one attached hydrogen (secondary N) is 1. The van der Waals surface area contributed by atoms with Crippen LogP contribution in [0.5, 0.6) is 0 Å². The van der Waals surface area contributed by atoms with Crippen molar-refractivity contribution in [1.82, 2.24) is 0 Å². The van der Waals surface area contributed by atoms with E-state index in [1.54, 1.807) is 27.6 Å². The van der Waals surface area contributed by atoms with E-state index in [4.69, 9.17) is 0 Å². The lowest BCUT2D eigenvalue weighted by Gasteiger charge is -2.48. The van der Waals surface area contributed by atoms with Gasteiger partial charge in [-0.2, -0.15) is 0 Å². The van der Waals surface area contributed by atoms with Gasteiger partial charge in [0.25, 0.3) is 0 Å². The molecule has 0 amide bonds. The second kappa shape index (κ2) is 4.95. The van der Waals surface area contributed by atoms with Crippen molar-refractivity contribution in [3.63, 3.8) is 0 Å². The largest absolute Gasteiger partial charge is 0.378 e. The fourth-order valence-electron chi connectivity index (χ4n) is 4.10. The highest BCUT2D eigenvalue weighted by molar-refractivity contribution is 7.11. The molecule has 5 heterocycles. The monoisotopic (exact) mass is 306 g/mol. The molecule has 2 N–H and O–H groups in total. The lowest BCUT2D eigenvalue weighted by molar-refractivity contribution is -0.922. The third-order valence-electron chi connectivity index (χ3n) is 5.15. The number of quaternary nitrogens is 1. The third-order valence-corrected chi connectivity index (χ3v) is 7.13. The van der Waals surface area contributed by atoms with Crippen LogP contribution in [0.3, 0.4) is 0 Å². The predicted molar refractivity (Wildman–Crippen MR) is 83.4 cm³/mol. The number of hydrogen-bond acceptors (Lipinski definition) is 3. The van der Waals surface area contributed by atoms with E-state index in [1.807, 2.05) is 0 Å². The van der Waals surface area contributed by atoms with Gasteiger partial charge in [0.15, 0.2) is 0 Å². The molecule has 0 aliphatic carbocycles. The van der Waals surface area contributed by atoms with Crippen LogP contribution in [0.1, 0.15) is 22.6 Å². The Labute approximate surface area is 127 Å². The molecule has 0 saturated carbocycles. The van der Waals surface area contributed by atoms with E-state index in [-0.39, 0.29) is 0 Å². The zero-order chi connectivity index (χ0) is 13.6. The lowest BCUT2D eigenvalue weighted by Crippen LogP contribution is -3.16. The Morgan fingerprint density at radius 1 is 1.05 bits per heavy atom.